The van der Waals surface area contributed by atoms with E-state index in [-0.39, 0.29) is 0 Å². The van der Waals surface area contributed by atoms with Gasteiger partial charge in [0.2, 0.25) is 0 Å². The minimum absolute atomic E-state index is 0.362. The van der Waals surface area contributed by atoms with E-state index in [9.17, 15) is 0 Å². The number of rotatable bonds is 8. The first kappa shape index (κ1) is 19.7. The predicted octanol–water partition coefficient (Wildman–Crippen LogP) is 3.15. The van der Waals surface area contributed by atoms with Crippen molar-refractivity contribution in [1.29, 1.82) is 0 Å². The minimum Gasteiger partial charge on any atom is -0.359 e. The molecule has 2 aromatic rings. The third kappa shape index (κ3) is 5.69. The van der Waals surface area contributed by atoms with Crippen LogP contribution in [-0.2, 0) is 13.0 Å². The van der Waals surface area contributed by atoms with E-state index in [1.165, 1.54) is 12.8 Å². The van der Waals surface area contributed by atoms with Crippen molar-refractivity contribution in [3.8, 4) is 0 Å². The van der Waals surface area contributed by atoms with Gasteiger partial charge in [-0.15, -0.1) is 11.3 Å². The molecule has 1 saturated heterocycles. The summed E-state index contributed by atoms with van der Waals surface area (Å²) in [4.78, 5) is 11.7. The van der Waals surface area contributed by atoms with Crippen LogP contribution in [0.4, 0.5) is 5.13 Å². The quantitative estimate of drug-likeness (QED) is 0.532. The molecule has 0 bridgehead atoms. The van der Waals surface area contributed by atoms with Crippen molar-refractivity contribution in [2.75, 3.05) is 31.1 Å². The highest BCUT2D eigenvalue weighted by Gasteiger charge is 2.15. The zero-order valence-electron chi connectivity index (χ0n) is 16.5. The second-order valence-electron chi connectivity index (χ2n) is 7.06. The maximum absolute atomic E-state index is 5.35. The van der Waals surface area contributed by atoms with Gasteiger partial charge in [0.05, 0.1) is 11.4 Å². The summed E-state index contributed by atoms with van der Waals surface area (Å²) in [6.07, 6.45) is 3.44. The summed E-state index contributed by atoms with van der Waals surface area (Å²) in [6, 6.07) is 1.98. The number of thiazole rings is 1. The molecule has 1 aliphatic rings. The van der Waals surface area contributed by atoms with Gasteiger partial charge in [-0.05, 0) is 25.7 Å². The number of hydrogen-bond donors (Lipinski definition) is 2. The van der Waals surface area contributed by atoms with E-state index < -0.39 is 0 Å². The molecule has 8 heteroatoms. The van der Waals surface area contributed by atoms with E-state index >= 15 is 0 Å². The fourth-order valence-corrected chi connectivity index (χ4v) is 3.86. The van der Waals surface area contributed by atoms with E-state index in [1.807, 2.05) is 6.07 Å². The summed E-state index contributed by atoms with van der Waals surface area (Å²) in [5.74, 6) is 1.93. The molecule has 7 nitrogen and oxygen atoms in total. The molecule has 0 radical (unpaired) electrons. The summed E-state index contributed by atoms with van der Waals surface area (Å²) in [7, 11) is 0. The highest BCUT2D eigenvalue weighted by molar-refractivity contribution is 7.13. The fourth-order valence-electron chi connectivity index (χ4n) is 2.95. The van der Waals surface area contributed by atoms with Gasteiger partial charge in [-0.3, -0.25) is 0 Å². The molecule has 0 atom stereocenters. The Morgan fingerprint density at radius 3 is 2.85 bits per heavy atom. The molecule has 27 heavy (non-hydrogen) atoms. The molecule has 3 rings (SSSR count). The number of aromatic nitrogens is 2. The third-order valence-corrected chi connectivity index (χ3v) is 5.45. The molecule has 1 fully saturated rings. The molecular formula is C19H30N6OS. The van der Waals surface area contributed by atoms with Crippen LogP contribution in [0.2, 0.25) is 0 Å². The summed E-state index contributed by atoms with van der Waals surface area (Å²) < 4.78 is 5.35. The number of guanidine groups is 1. The van der Waals surface area contributed by atoms with Crippen LogP contribution in [0.25, 0.3) is 0 Å². The smallest absolute Gasteiger partial charge is 0.191 e. The molecular weight excluding hydrogens is 360 g/mol. The normalized spacial score (nSPS) is 15.0. The van der Waals surface area contributed by atoms with Crippen LogP contribution < -0.4 is 15.5 Å². The second kappa shape index (κ2) is 9.73. The first-order valence-corrected chi connectivity index (χ1v) is 10.7. The molecule has 0 aliphatic carbocycles. The Balaban J connectivity index is 1.48. The number of nitrogens with one attached hydrogen (secondary N) is 2. The largest absolute Gasteiger partial charge is 0.359 e. The van der Waals surface area contributed by atoms with Gasteiger partial charge in [0.15, 0.2) is 16.9 Å². The summed E-state index contributed by atoms with van der Waals surface area (Å²) in [5, 5.41) is 14.1. The molecule has 0 aromatic carbocycles. The summed E-state index contributed by atoms with van der Waals surface area (Å²) >= 11 is 1.75. The van der Waals surface area contributed by atoms with Gasteiger partial charge >= 0.3 is 0 Å². The minimum atomic E-state index is 0.362. The van der Waals surface area contributed by atoms with E-state index in [0.29, 0.717) is 12.5 Å². The van der Waals surface area contributed by atoms with Crippen molar-refractivity contribution in [3.05, 3.63) is 28.6 Å². The zero-order valence-corrected chi connectivity index (χ0v) is 17.3. The van der Waals surface area contributed by atoms with Gasteiger partial charge in [0.25, 0.3) is 0 Å². The number of anilines is 1. The van der Waals surface area contributed by atoms with Crippen LogP contribution in [0.15, 0.2) is 21.0 Å². The molecule has 1 aliphatic heterocycles. The molecule has 0 spiro atoms. The zero-order chi connectivity index (χ0) is 19.1. The van der Waals surface area contributed by atoms with Gasteiger partial charge in [0.1, 0.15) is 6.54 Å². The molecule has 0 amide bonds. The van der Waals surface area contributed by atoms with Gasteiger partial charge < -0.3 is 20.1 Å². The summed E-state index contributed by atoms with van der Waals surface area (Å²) in [5.41, 5.74) is 2.11. The second-order valence-corrected chi connectivity index (χ2v) is 7.90. The summed E-state index contributed by atoms with van der Waals surface area (Å²) in [6.45, 7) is 10.6. The van der Waals surface area contributed by atoms with Gasteiger partial charge in [-0.1, -0.05) is 19.0 Å². The Bertz CT molecular complexity index is 732. The average Bonchev–Trinajstić information content (AvgIpc) is 3.39. The molecule has 0 saturated carbocycles. The van der Waals surface area contributed by atoms with Crippen LogP contribution in [0.5, 0.6) is 0 Å². The van der Waals surface area contributed by atoms with E-state index in [2.05, 4.69) is 51.8 Å². The van der Waals surface area contributed by atoms with Crippen molar-refractivity contribution in [3.63, 3.8) is 0 Å². The van der Waals surface area contributed by atoms with E-state index in [1.54, 1.807) is 11.3 Å². The lowest BCUT2D eigenvalue weighted by Crippen LogP contribution is -2.38. The third-order valence-electron chi connectivity index (χ3n) is 4.50. The van der Waals surface area contributed by atoms with Crippen LogP contribution in [0, 0.1) is 0 Å². The molecule has 3 heterocycles. The molecule has 2 aromatic heterocycles. The van der Waals surface area contributed by atoms with Crippen molar-refractivity contribution in [1.82, 2.24) is 20.8 Å². The number of nitrogens with zero attached hydrogens (tertiary/aromatic N) is 4. The maximum atomic E-state index is 5.35. The average molecular weight is 391 g/mol. The van der Waals surface area contributed by atoms with Gasteiger partial charge in [0, 0.05) is 44.0 Å². The highest BCUT2D eigenvalue weighted by atomic mass is 32.1. The Labute approximate surface area is 165 Å². The van der Waals surface area contributed by atoms with E-state index in [0.717, 1.165) is 60.8 Å². The van der Waals surface area contributed by atoms with Crippen LogP contribution in [0.1, 0.15) is 56.7 Å². The monoisotopic (exact) mass is 390 g/mol. The van der Waals surface area contributed by atoms with Crippen molar-refractivity contribution >= 4 is 22.4 Å². The van der Waals surface area contributed by atoms with Crippen molar-refractivity contribution < 1.29 is 4.52 Å². The Morgan fingerprint density at radius 1 is 1.33 bits per heavy atom. The highest BCUT2D eigenvalue weighted by Crippen LogP contribution is 2.24. The maximum Gasteiger partial charge on any atom is 0.191 e. The Kier molecular flexibility index (Phi) is 7.09. The number of hydrogen-bond acceptors (Lipinski definition) is 6. The SMILES string of the molecule is CCNC(=NCc1cc(C(C)C)no1)NCCc1csc(N2CCCC2)n1. The fraction of sp³-hybridized carbons (Fsp3) is 0.632. The molecule has 2 N–H and O–H groups in total. The van der Waals surface area contributed by atoms with Gasteiger partial charge in [-0.25, -0.2) is 9.98 Å². The topological polar surface area (TPSA) is 78.6 Å². The number of aliphatic imine (C=N–C) groups is 1. The van der Waals surface area contributed by atoms with Crippen LogP contribution in [-0.4, -0.2) is 42.3 Å². The first-order valence-electron chi connectivity index (χ1n) is 9.82. The first-order chi connectivity index (χ1) is 13.2. The van der Waals surface area contributed by atoms with Gasteiger partial charge in [-0.2, -0.15) is 0 Å². The predicted molar refractivity (Wildman–Crippen MR) is 111 cm³/mol. The Hall–Kier alpha value is -2.09. The lowest BCUT2D eigenvalue weighted by molar-refractivity contribution is 0.376. The van der Waals surface area contributed by atoms with Crippen molar-refractivity contribution in [2.45, 2.75) is 52.5 Å². The van der Waals surface area contributed by atoms with Crippen LogP contribution in [0.3, 0.4) is 0 Å². The lowest BCUT2D eigenvalue weighted by Gasteiger charge is -2.12. The standard InChI is InChI=1S/C19H30N6OS/c1-4-20-18(22-12-16-11-17(14(2)3)24-26-16)21-8-7-15-13-27-19(23-15)25-9-5-6-10-25/h11,13-14H,4-10,12H2,1-3H3,(H2,20,21,22). The van der Waals surface area contributed by atoms with Crippen LogP contribution >= 0.6 is 11.3 Å². The molecule has 148 valence electrons. The van der Waals surface area contributed by atoms with Crippen molar-refractivity contribution in [2.24, 2.45) is 4.99 Å². The lowest BCUT2D eigenvalue weighted by atomic mass is 10.1. The van der Waals surface area contributed by atoms with E-state index in [4.69, 9.17) is 9.51 Å². The Morgan fingerprint density at radius 2 is 2.15 bits per heavy atom. The molecule has 0 unspecified atom stereocenters.